The lowest BCUT2D eigenvalue weighted by Gasteiger charge is -2.29. The van der Waals surface area contributed by atoms with E-state index in [2.05, 4.69) is 37.4 Å². The summed E-state index contributed by atoms with van der Waals surface area (Å²) in [5.74, 6) is 1.04. The zero-order chi connectivity index (χ0) is 21.9. The highest BCUT2D eigenvalue weighted by atomic mass is 32.2. The Morgan fingerprint density at radius 3 is 2.57 bits per heavy atom. The molecule has 0 fully saturated rings. The maximum Gasteiger partial charge on any atom is 0.242 e. The summed E-state index contributed by atoms with van der Waals surface area (Å²) in [5.41, 5.74) is 4.63. The fourth-order valence-electron chi connectivity index (χ4n) is 3.23. The smallest absolute Gasteiger partial charge is 0.242 e. The predicted octanol–water partition coefficient (Wildman–Crippen LogP) is 4.87. The van der Waals surface area contributed by atoms with Crippen LogP contribution in [0.1, 0.15) is 48.9 Å². The summed E-state index contributed by atoms with van der Waals surface area (Å²) in [6, 6.07) is 15.9. The molecule has 4 nitrogen and oxygen atoms in total. The molecule has 0 saturated carbocycles. The fraction of sp³-hybridized carbons (Fsp3) is 0.440. The number of benzene rings is 2. The third kappa shape index (κ3) is 7.52. The molecule has 2 aromatic rings. The van der Waals surface area contributed by atoms with Crippen LogP contribution in [0.2, 0.25) is 0 Å². The molecule has 0 aliphatic carbocycles. The molecular weight excluding hydrogens is 392 g/mol. The van der Waals surface area contributed by atoms with E-state index in [4.69, 9.17) is 0 Å². The third-order valence-electron chi connectivity index (χ3n) is 5.18. The van der Waals surface area contributed by atoms with Gasteiger partial charge in [0.05, 0.1) is 5.75 Å². The van der Waals surface area contributed by atoms with Gasteiger partial charge in [0.25, 0.3) is 0 Å². The topological polar surface area (TPSA) is 49.4 Å². The van der Waals surface area contributed by atoms with Gasteiger partial charge in [-0.05, 0) is 43.9 Å². The zero-order valence-corrected chi connectivity index (χ0v) is 19.4. The number of amides is 2. The molecule has 2 amide bonds. The average molecular weight is 427 g/mol. The molecular formula is C25H34N2O2S. The number of aryl methyl sites for hydroxylation is 2. The van der Waals surface area contributed by atoms with E-state index in [0.717, 1.165) is 29.7 Å². The van der Waals surface area contributed by atoms with E-state index in [0.29, 0.717) is 18.8 Å². The van der Waals surface area contributed by atoms with Gasteiger partial charge in [0.1, 0.15) is 6.04 Å². The quantitative estimate of drug-likeness (QED) is 0.522. The van der Waals surface area contributed by atoms with Crippen LogP contribution in [0.15, 0.2) is 48.5 Å². The molecule has 1 atom stereocenters. The Balaban J connectivity index is 2.05. The van der Waals surface area contributed by atoms with Crippen molar-refractivity contribution in [3.63, 3.8) is 0 Å². The lowest BCUT2D eigenvalue weighted by atomic mass is 10.1. The predicted molar refractivity (Wildman–Crippen MR) is 126 cm³/mol. The van der Waals surface area contributed by atoms with E-state index in [1.807, 2.05) is 44.2 Å². The molecule has 0 aromatic heterocycles. The van der Waals surface area contributed by atoms with Crippen LogP contribution in [0, 0.1) is 13.8 Å². The summed E-state index contributed by atoms with van der Waals surface area (Å²) in [4.78, 5) is 27.5. The van der Waals surface area contributed by atoms with E-state index in [-0.39, 0.29) is 11.8 Å². The van der Waals surface area contributed by atoms with Crippen molar-refractivity contribution in [2.24, 2.45) is 0 Å². The van der Waals surface area contributed by atoms with Crippen LogP contribution in [-0.4, -0.2) is 35.1 Å². The molecule has 5 heteroatoms. The summed E-state index contributed by atoms with van der Waals surface area (Å²) in [7, 11) is 0. The summed E-state index contributed by atoms with van der Waals surface area (Å²) >= 11 is 1.59. The number of nitrogens with one attached hydrogen (secondary N) is 1. The summed E-state index contributed by atoms with van der Waals surface area (Å²) in [6.45, 7) is 9.11. The highest BCUT2D eigenvalue weighted by Gasteiger charge is 2.26. The second-order valence-corrected chi connectivity index (χ2v) is 8.74. The molecule has 0 radical (unpaired) electrons. The first-order chi connectivity index (χ1) is 14.4. The van der Waals surface area contributed by atoms with E-state index in [9.17, 15) is 9.59 Å². The van der Waals surface area contributed by atoms with Crippen molar-refractivity contribution in [3.8, 4) is 0 Å². The summed E-state index contributed by atoms with van der Waals surface area (Å²) in [6.07, 6.45) is 1.96. The Kier molecular flexibility index (Phi) is 9.95. The zero-order valence-electron chi connectivity index (χ0n) is 18.6. The maximum absolute atomic E-state index is 13.1. The molecule has 1 N–H and O–H groups in total. The van der Waals surface area contributed by atoms with Crippen molar-refractivity contribution in [1.82, 2.24) is 10.2 Å². The lowest BCUT2D eigenvalue weighted by molar-refractivity contribution is -0.138. The van der Waals surface area contributed by atoms with Crippen LogP contribution >= 0.6 is 11.8 Å². The van der Waals surface area contributed by atoms with Gasteiger partial charge in [0.2, 0.25) is 11.8 Å². The number of hydrogen-bond acceptors (Lipinski definition) is 3. The largest absolute Gasteiger partial charge is 0.354 e. The van der Waals surface area contributed by atoms with Crippen molar-refractivity contribution in [2.75, 3.05) is 12.3 Å². The molecule has 2 aromatic carbocycles. The van der Waals surface area contributed by atoms with Gasteiger partial charge in [-0.3, -0.25) is 9.59 Å². The van der Waals surface area contributed by atoms with Gasteiger partial charge in [-0.1, -0.05) is 67.4 Å². The Bertz CT molecular complexity index is 837. The number of carbonyl (C=O) groups is 2. The molecule has 30 heavy (non-hydrogen) atoms. The number of rotatable bonds is 11. The Morgan fingerprint density at radius 2 is 1.87 bits per heavy atom. The van der Waals surface area contributed by atoms with Gasteiger partial charge < -0.3 is 10.2 Å². The van der Waals surface area contributed by atoms with Gasteiger partial charge in [-0.15, -0.1) is 11.8 Å². The van der Waals surface area contributed by atoms with Crippen molar-refractivity contribution < 1.29 is 9.59 Å². The first kappa shape index (κ1) is 24.0. The fourth-order valence-corrected chi connectivity index (χ4v) is 4.09. The van der Waals surface area contributed by atoms with Gasteiger partial charge in [-0.2, -0.15) is 0 Å². The summed E-state index contributed by atoms with van der Waals surface area (Å²) in [5, 5.41) is 2.97. The van der Waals surface area contributed by atoms with E-state index in [1.165, 1.54) is 11.1 Å². The Labute approximate surface area is 185 Å². The highest BCUT2D eigenvalue weighted by Crippen LogP contribution is 2.18. The van der Waals surface area contributed by atoms with Crippen LogP contribution in [-0.2, 0) is 21.9 Å². The van der Waals surface area contributed by atoms with Crippen molar-refractivity contribution in [3.05, 3.63) is 70.8 Å². The Hall–Kier alpha value is -2.27. The van der Waals surface area contributed by atoms with Crippen molar-refractivity contribution >= 4 is 23.6 Å². The second kappa shape index (κ2) is 12.4. The molecule has 0 spiro atoms. The van der Waals surface area contributed by atoms with Gasteiger partial charge in [0, 0.05) is 18.8 Å². The minimum atomic E-state index is -0.506. The van der Waals surface area contributed by atoms with Crippen LogP contribution < -0.4 is 5.32 Å². The van der Waals surface area contributed by atoms with Crippen LogP contribution in [0.5, 0.6) is 0 Å². The molecule has 0 unspecified atom stereocenters. The number of thioether (sulfide) groups is 1. The van der Waals surface area contributed by atoms with Gasteiger partial charge in [-0.25, -0.2) is 0 Å². The molecule has 0 aliphatic rings. The molecule has 2 rings (SSSR count). The van der Waals surface area contributed by atoms with E-state index < -0.39 is 6.04 Å². The normalized spacial score (nSPS) is 11.7. The first-order valence-electron chi connectivity index (χ1n) is 10.7. The van der Waals surface area contributed by atoms with Crippen LogP contribution in [0.3, 0.4) is 0 Å². The monoisotopic (exact) mass is 426 g/mol. The number of hydrogen-bond donors (Lipinski definition) is 1. The second-order valence-electron chi connectivity index (χ2n) is 7.75. The third-order valence-corrected chi connectivity index (χ3v) is 6.16. The highest BCUT2D eigenvalue weighted by molar-refractivity contribution is 7.99. The van der Waals surface area contributed by atoms with Crippen molar-refractivity contribution in [1.29, 1.82) is 0 Å². The minimum absolute atomic E-state index is 0.00551. The summed E-state index contributed by atoms with van der Waals surface area (Å²) < 4.78 is 0. The van der Waals surface area contributed by atoms with Gasteiger partial charge in [0.15, 0.2) is 0 Å². The number of unbranched alkanes of at least 4 members (excludes halogenated alkanes) is 1. The lowest BCUT2D eigenvalue weighted by Crippen LogP contribution is -2.48. The van der Waals surface area contributed by atoms with E-state index >= 15 is 0 Å². The molecule has 0 aliphatic heterocycles. The van der Waals surface area contributed by atoms with E-state index in [1.54, 1.807) is 16.7 Å². The number of nitrogens with zero attached hydrogens (tertiary/aromatic N) is 1. The average Bonchev–Trinajstić information content (AvgIpc) is 2.72. The maximum atomic E-state index is 13.1. The molecule has 0 heterocycles. The molecule has 162 valence electrons. The molecule has 0 bridgehead atoms. The van der Waals surface area contributed by atoms with Crippen LogP contribution in [0.4, 0.5) is 0 Å². The van der Waals surface area contributed by atoms with Crippen molar-refractivity contribution in [2.45, 2.75) is 58.9 Å². The SMILES string of the molecule is CCCCNC(=O)[C@H](C)N(Cc1ccccc1C)C(=O)CSCc1cccc(C)c1. The minimum Gasteiger partial charge on any atom is -0.354 e. The molecule has 0 saturated heterocycles. The van der Waals surface area contributed by atoms with Crippen LogP contribution in [0.25, 0.3) is 0 Å². The first-order valence-corrected chi connectivity index (χ1v) is 11.8. The van der Waals surface area contributed by atoms with Gasteiger partial charge >= 0.3 is 0 Å². The standard InChI is InChI=1S/C25H34N2O2S/c1-5-6-14-26-25(29)21(4)27(16-23-13-8-7-11-20(23)3)24(28)18-30-17-22-12-9-10-19(2)15-22/h7-13,15,21H,5-6,14,16-18H2,1-4H3,(H,26,29)/t21-/m0/s1. The number of carbonyl (C=O) groups excluding carboxylic acids is 2. The Morgan fingerprint density at radius 1 is 1.10 bits per heavy atom.